The fourth-order valence-corrected chi connectivity index (χ4v) is 2.72. The summed E-state index contributed by atoms with van der Waals surface area (Å²) in [7, 11) is 0. The van der Waals surface area contributed by atoms with Crippen molar-refractivity contribution in [1.29, 1.82) is 0 Å². The zero-order valence-electron chi connectivity index (χ0n) is 10.4. The second-order valence-corrected chi connectivity index (χ2v) is 5.68. The van der Waals surface area contributed by atoms with Gasteiger partial charge in [0, 0.05) is 17.1 Å². The van der Waals surface area contributed by atoms with Crippen molar-refractivity contribution in [1.82, 2.24) is 10.6 Å². The SMILES string of the molecule is O=C(CNC1CCCC1)NCc1cccc(Br)c1. The Morgan fingerprint density at radius 2 is 2.11 bits per heavy atom. The van der Waals surface area contributed by atoms with Gasteiger partial charge in [-0.2, -0.15) is 0 Å². The molecule has 0 aromatic heterocycles. The zero-order valence-corrected chi connectivity index (χ0v) is 12.0. The fraction of sp³-hybridized carbons (Fsp3) is 0.500. The van der Waals surface area contributed by atoms with Crippen molar-refractivity contribution in [3.63, 3.8) is 0 Å². The third-order valence-electron chi connectivity index (χ3n) is 3.29. The molecule has 1 aliphatic carbocycles. The van der Waals surface area contributed by atoms with Crippen LogP contribution in [0.2, 0.25) is 0 Å². The first kappa shape index (κ1) is 13.6. The topological polar surface area (TPSA) is 41.1 Å². The number of carbonyl (C=O) groups excluding carboxylic acids is 1. The van der Waals surface area contributed by atoms with E-state index >= 15 is 0 Å². The molecule has 3 nitrogen and oxygen atoms in total. The number of nitrogens with one attached hydrogen (secondary N) is 2. The van der Waals surface area contributed by atoms with Gasteiger partial charge >= 0.3 is 0 Å². The molecule has 1 fully saturated rings. The first-order chi connectivity index (χ1) is 8.74. The maximum atomic E-state index is 11.7. The molecule has 4 heteroatoms. The predicted molar refractivity (Wildman–Crippen MR) is 76.2 cm³/mol. The van der Waals surface area contributed by atoms with Crippen LogP contribution in [0.4, 0.5) is 0 Å². The molecule has 0 unspecified atom stereocenters. The third kappa shape index (κ3) is 4.42. The number of amides is 1. The van der Waals surface area contributed by atoms with Crippen LogP contribution in [0.25, 0.3) is 0 Å². The summed E-state index contributed by atoms with van der Waals surface area (Å²) in [4.78, 5) is 11.7. The summed E-state index contributed by atoms with van der Waals surface area (Å²) in [5.41, 5.74) is 1.11. The first-order valence-electron chi connectivity index (χ1n) is 6.48. The highest BCUT2D eigenvalue weighted by Crippen LogP contribution is 2.17. The summed E-state index contributed by atoms with van der Waals surface area (Å²) in [5, 5.41) is 6.24. The van der Waals surface area contributed by atoms with Gasteiger partial charge in [-0.15, -0.1) is 0 Å². The van der Waals surface area contributed by atoms with Gasteiger partial charge in [0.2, 0.25) is 5.91 Å². The van der Waals surface area contributed by atoms with Gasteiger partial charge in [-0.1, -0.05) is 40.9 Å². The average molecular weight is 311 g/mol. The monoisotopic (exact) mass is 310 g/mol. The van der Waals surface area contributed by atoms with Crippen molar-refractivity contribution < 1.29 is 4.79 Å². The summed E-state index contributed by atoms with van der Waals surface area (Å²) >= 11 is 3.42. The average Bonchev–Trinajstić information content (AvgIpc) is 2.87. The standard InChI is InChI=1S/C14H19BrN2O/c15-12-5-3-4-11(8-12)9-17-14(18)10-16-13-6-1-2-7-13/h3-5,8,13,16H,1-2,6-7,9-10H2,(H,17,18). The van der Waals surface area contributed by atoms with E-state index in [4.69, 9.17) is 0 Å². The van der Waals surface area contributed by atoms with Crippen LogP contribution < -0.4 is 10.6 Å². The van der Waals surface area contributed by atoms with Crippen LogP contribution in [0, 0.1) is 0 Å². The molecule has 2 rings (SSSR count). The highest BCUT2D eigenvalue weighted by molar-refractivity contribution is 9.10. The summed E-state index contributed by atoms with van der Waals surface area (Å²) in [5.74, 6) is 0.0712. The molecule has 2 N–H and O–H groups in total. The van der Waals surface area contributed by atoms with Crippen LogP contribution in [0.15, 0.2) is 28.7 Å². The van der Waals surface area contributed by atoms with Crippen LogP contribution in [0.3, 0.4) is 0 Å². The van der Waals surface area contributed by atoms with Crippen LogP contribution >= 0.6 is 15.9 Å². The van der Waals surface area contributed by atoms with E-state index in [0.717, 1.165) is 10.0 Å². The van der Waals surface area contributed by atoms with E-state index in [9.17, 15) is 4.79 Å². The minimum absolute atomic E-state index is 0.0712. The Balaban J connectivity index is 1.68. The maximum absolute atomic E-state index is 11.7. The Morgan fingerprint density at radius 3 is 2.83 bits per heavy atom. The van der Waals surface area contributed by atoms with Crippen molar-refractivity contribution in [2.24, 2.45) is 0 Å². The molecule has 18 heavy (non-hydrogen) atoms. The molecular weight excluding hydrogens is 292 g/mol. The summed E-state index contributed by atoms with van der Waals surface area (Å²) < 4.78 is 1.04. The minimum atomic E-state index is 0.0712. The van der Waals surface area contributed by atoms with Gasteiger partial charge in [-0.05, 0) is 30.5 Å². The molecule has 0 spiro atoms. The summed E-state index contributed by atoms with van der Waals surface area (Å²) in [6, 6.07) is 8.52. The Morgan fingerprint density at radius 1 is 1.33 bits per heavy atom. The van der Waals surface area contributed by atoms with E-state index in [1.165, 1.54) is 25.7 Å². The molecular formula is C14H19BrN2O. The second kappa shape index (κ2) is 6.90. The molecule has 1 aliphatic rings. The lowest BCUT2D eigenvalue weighted by molar-refractivity contribution is -0.120. The van der Waals surface area contributed by atoms with Gasteiger partial charge in [-0.3, -0.25) is 4.79 Å². The fourth-order valence-electron chi connectivity index (χ4n) is 2.28. The number of benzene rings is 1. The molecule has 0 atom stereocenters. The molecule has 0 bridgehead atoms. The van der Waals surface area contributed by atoms with Gasteiger partial charge in [0.15, 0.2) is 0 Å². The molecule has 98 valence electrons. The third-order valence-corrected chi connectivity index (χ3v) is 3.78. The second-order valence-electron chi connectivity index (χ2n) is 4.77. The van der Waals surface area contributed by atoms with Crippen molar-refractivity contribution in [3.05, 3.63) is 34.3 Å². The van der Waals surface area contributed by atoms with Crippen LogP contribution in [-0.2, 0) is 11.3 Å². The van der Waals surface area contributed by atoms with Crippen molar-refractivity contribution >= 4 is 21.8 Å². The molecule has 0 heterocycles. The zero-order chi connectivity index (χ0) is 12.8. The van der Waals surface area contributed by atoms with Crippen LogP contribution in [-0.4, -0.2) is 18.5 Å². The lowest BCUT2D eigenvalue weighted by Crippen LogP contribution is -2.37. The maximum Gasteiger partial charge on any atom is 0.234 e. The summed E-state index contributed by atoms with van der Waals surface area (Å²) in [6.45, 7) is 1.02. The van der Waals surface area contributed by atoms with Gasteiger partial charge in [-0.25, -0.2) is 0 Å². The van der Waals surface area contributed by atoms with Crippen molar-refractivity contribution in [2.75, 3.05) is 6.54 Å². The lowest BCUT2D eigenvalue weighted by atomic mass is 10.2. The van der Waals surface area contributed by atoms with E-state index < -0.39 is 0 Å². The quantitative estimate of drug-likeness (QED) is 0.877. The van der Waals surface area contributed by atoms with Gasteiger partial charge in [0.1, 0.15) is 0 Å². The van der Waals surface area contributed by atoms with E-state index in [1.807, 2.05) is 24.3 Å². The Bertz CT molecular complexity index is 403. The molecule has 0 saturated heterocycles. The van der Waals surface area contributed by atoms with E-state index in [1.54, 1.807) is 0 Å². The normalized spacial score (nSPS) is 15.8. The molecule has 1 aromatic carbocycles. The largest absolute Gasteiger partial charge is 0.351 e. The number of rotatable bonds is 5. The smallest absolute Gasteiger partial charge is 0.234 e. The number of halogens is 1. The predicted octanol–water partition coefficient (Wildman–Crippen LogP) is 2.60. The first-order valence-corrected chi connectivity index (χ1v) is 7.28. The molecule has 1 amide bonds. The highest BCUT2D eigenvalue weighted by Gasteiger charge is 2.14. The van der Waals surface area contributed by atoms with Gasteiger partial charge in [0.25, 0.3) is 0 Å². The Labute approximate surface area is 116 Å². The van der Waals surface area contributed by atoms with Gasteiger partial charge in [0.05, 0.1) is 6.54 Å². The molecule has 0 aliphatic heterocycles. The highest BCUT2D eigenvalue weighted by atomic mass is 79.9. The number of carbonyl (C=O) groups is 1. The summed E-state index contributed by atoms with van der Waals surface area (Å²) in [6.07, 6.45) is 4.99. The minimum Gasteiger partial charge on any atom is -0.351 e. The molecule has 1 aromatic rings. The van der Waals surface area contributed by atoms with Gasteiger partial charge < -0.3 is 10.6 Å². The van der Waals surface area contributed by atoms with E-state index in [0.29, 0.717) is 19.1 Å². The Kier molecular flexibility index (Phi) is 5.20. The number of hydrogen-bond donors (Lipinski definition) is 2. The van der Waals surface area contributed by atoms with Crippen molar-refractivity contribution in [2.45, 2.75) is 38.3 Å². The molecule has 1 saturated carbocycles. The van der Waals surface area contributed by atoms with E-state index in [2.05, 4.69) is 26.6 Å². The molecule has 0 radical (unpaired) electrons. The van der Waals surface area contributed by atoms with Crippen LogP contribution in [0.5, 0.6) is 0 Å². The number of hydrogen-bond acceptors (Lipinski definition) is 2. The Hall–Kier alpha value is -0.870. The lowest BCUT2D eigenvalue weighted by Gasteiger charge is -2.11. The van der Waals surface area contributed by atoms with Crippen molar-refractivity contribution in [3.8, 4) is 0 Å². The van der Waals surface area contributed by atoms with Crippen LogP contribution in [0.1, 0.15) is 31.2 Å². The van der Waals surface area contributed by atoms with E-state index in [-0.39, 0.29) is 5.91 Å².